The number of nitrogens with one attached hydrogen (secondary N) is 2. The Morgan fingerprint density at radius 3 is 2.63 bits per heavy atom. The topological polar surface area (TPSA) is 122 Å². The van der Waals surface area contributed by atoms with E-state index in [9.17, 15) is 19.1 Å². The van der Waals surface area contributed by atoms with Gasteiger partial charge in [-0.1, -0.05) is 23.9 Å². The molecule has 27 heavy (non-hydrogen) atoms. The van der Waals surface area contributed by atoms with Crippen LogP contribution in [0.25, 0.3) is 5.69 Å². The van der Waals surface area contributed by atoms with E-state index in [4.69, 9.17) is 0 Å². The van der Waals surface area contributed by atoms with E-state index in [0.29, 0.717) is 10.8 Å². The standard InChI is InChI=1S/C16H13FN6O3S/c17-12-3-1-2-4-13(12)18-15(26)19-14(25)9-27-16-20-21-22-23(16)10-5-7-11(24)8-6-10/h1-8,24H,9H2,(H2,18,19,25,26). The first kappa shape index (κ1) is 18.3. The summed E-state index contributed by atoms with van der Waals surface area (Å²) in [7, 11) is 0. The second-order valence-electron chi connectivity index (χ2n) is 5.16. The van der Waals surface area contributed by atoms with E-state index < -0.39 is 17.8 Å². The van der Waals surface area contributed by atoms with E-state index in [1.165, 1.54) is 35.0 Å². The van der Waals surface area contributed by atoms with E-state index in [1.807, 2.05) is 0 Å². The Bertz CT molecular complexity index is 963. The van der Waals surface area contributed by atoms with Crippen LogP contribution in [0.2, 0.25) is 0 Å². The number of aromatic hydroxyl groups is 1. The quantitative estimate of drug-likeness (QED) is 0.571. The van der Waals surface area contributed by atoms with Gasteiger partial charge in [0.15, 0.2) is 0 Å². The summed E-state index contributed by atoms with van der Waals surface area (Å²) in [5.41, 5.74) is 0.560. The Morgan fingerprint density at radius 1 is 1.15 bits per heavy atom. The number of tetrazole rings is 1. The maximum absolute atomic E-state index is 13.5. The number of anilines is 1. The molecule has 0 saturated heterocycles. The maximum Gasteiger partial charge on any atom is 0.325 e. The number of carbonyl (C=O) groups is 2. The van der Waals surface area contributed by atoms with Crippen molar-refractivity contribution in [2.45, 2.75) is 5.16 Å². The smallest absolute Gasteiger partial charge is 0.325 e. The zero-order chi connectivity index (χ0) is 19.2. The van der Waals surface area contributed by atoms with Crippen molar-refractivity contribution >= 4 is 29.4 Å². The molecule has 2 aromatic carbocycles. The van der Waals surface area contributed by atoms with Gasteiger partial charge in [-0.2, -0.15) is 4.68 Å². The summed E-state index contributed by atoms with van der Waals surface area (Å²) >= 11 is 1.01. The second-order valence-corrected chi connectivity index (χ2v) is 6.10. The second kappa shape index (κ2) is 8.27. The lowest BCUT2D eigenvalue weighted by Gasteiger charge is -2.07. The molecule has 0 radical (unpaired) electrons. The average Bonchev–Trinajstić information content (AvgIpc) is 3.11. The molecule has 3 amide bonds. The first-order chi connectivity index (χ1) is 13.0. The van der Waals surface area contributed by atoms with Crippen molar-refractivity contribution in [2.24, 2.45) is 0 Å². The zero-order valence-electron chi connectivity index (χ0n) is 13.7. The van der Waals surface area contributed by atoms with Crippen molar-refractivity contribution in [1.29, 1.82) is 0 Å². The SMILES string of the molecule is O=C(CSc1nnnn1-c1ccc(O)cc1)NC(=O)Nc1ccccc1F. The van der Waals surface area contributed by atoms with Crippen LogP contribution < -0.4 is 10.6 Å². The number of amides is 3. The molecule has 138 valence electrons. The number of urea groups is 1. The van der Waals surface area contributed by atoms with E-state index >= 15 is 0 Å². The molecular formula is C16H13FN6O3S. The number of benzene rings is 2. The molecule has 1 heterocycles. The van der Waals surface area contributed by atoms with Gasteiger partial charge in [0, 0.05) is 0 Å². The third-order valence-corrected chi connectivity index (χ3v) is 4.16. The Hall–Kier alpha value is -3.47. The Morgan fingerprint density at radius 2 is 1.89 bits per heavy atom. The first-order valence-corrected chi connectivity index (χ1v) is 8.57. The summed E-state index contributed by atoms with van der Waals surface area (Å²) in [6.45, 7) is 0. The molecule has 0 aliphatic rings. The monoisotopic (exact) mass is 388 g/mol. The summed E-state index contributed by atoms with van der Waals surface area (Å²) in [5.74, 6) is -1.25. The normalized spacial score (nSPS) is 10.4. The highest BCUT2D eigenvalue weighted by molar-refractivity contribution is 7.99. The summed E-state index contributed by atoms with van der Waals surface area (Å²) in [5, 5.41) is 25.2. The van der Waals surface area contributed by atoms with E-state index in [2.05, 4.69) is 26.2 Å². The van der Waals surface area contributed by atoms with Gasteiger partial charge in [0.25, 0.3) is 0 Å². The number of phenols is 1. The van der Waals surface area contributed by atoms with E-state index in [1.54, 1.807) is 18.2 Å². The predicted molar refractivity (Wildman–Crippen MR) is 95.1 cm³/mol. The molecule has 3 aromatic rings. The number of phenolic OH excluding ortho intramolecular Hbond substituents is 1. The Labute approximate surface area is 156 Å². The van der Waals surface area contributed by atoms with E-state index in [-0.39, 0.29) is 17.2 Å². The number of carbonyl (C=O) groups excluding carboxylic acids is 2. The molecule has 0 unspecified atom stereocenters. The third-order valence-electron chi connectivity index (χ3n) is 3.24. The molecule has 3 rings (SSSR count). The minimum absolute atomic E-state index is 0.0354. The molecule has 0 aliphatic heterocycles. The fraction of sp³-hybridized carbons (Fsp3) is 0.0625. The number of para-hydroxylation sites is 1. The van der Waals surface area contributed by atoms with Gasteiger partial charge in [-0.15, -0.1) is 5.10 Å². The fourth-order valence-electron chi connectivity index (χ4n) is 2.03. The molecule has 0 saturated carbocycles. The zero-order valence-corrected chi connectivity index (χ0v) is 14.5. The van der Waals surface area contributed by atoms with Gasteiger partial charge in [0.2, 0.25) is 11.1 Å². The van der Waals surface area contributed by atoms with Gasteiger partial charge < -0.3 is 10.4 Å². The van der Waals surface area contributed by atoms with Gasteiger partial charge in [-0.25, -0.2) is 9.18 Å². The molecule has 3 N–H and O–H groups in total. The molecule has 11 heteroatoms. The van der Waals surface area contributed by atoms with Crippen molar-refractivity contribution in [3.05, 3.63) is 54.3 Å². The van der Waals surface area contributed by atoms with Crippen molar-refractivity contribution in [2.75, 3.05) is 11.1 Å². The number of rotatable bonds is 5. The van der Waals surface area contributed by atoms with Crippen molar-refractivity contribution in [1.82, 2.24) is 25.5 Å². The van der Waals surface area contributed by atoms with Crippen LogP contribution in [-0.4, -0.2) is 43.0 Å². The molecule has 0 atom stereocenters. The number of aromatic nitrogens is 4. The van der Waals surface area contributed by atoms with Gasteiger partial charge in [-0.3, -0.25) is 10.1 Å². The van der Waals surface area contributed by atoms with Crippen molar-refractivity contribution in [3.63, 3.8) is 0 Å². The minimum Gasteiger partial charge on any atom is -0.508 e. The lowest BCUT2D eigenvalue weighted by atomic mass is 10.3. The molecule has 1 aromatic heterocycles. The van der Waals surface area contributed by atoms with Crippen LogP contribution in [0.15, 0.2) is 53.7 Å². The Kier molecular flexibility index (Phi) is 5.61. The van der Waals surface area contributed by atoms with Crippen LogP contribution in [0.4, 0.5) is 14.9 Å². The maximum atomic E-state index is 13.5. The van der Waals surface area contributed by atoms with Gasteiger partial charge in [0.1, 0.15) is 11.6 Å². The van der Waals surface area contributed by atoms with Gasteiger partial charge in [-0.05, 0) is 46.8 Å². The van der Waals surface area contributed by atoms with Crippen molar-refractivity contribution < 1.29 is 19.1 Å². The number of hydrogen-bond donors (Lipinski definition) is 3. The molecule has 0 fully saturated rings. The van der Waals surface area contributed by atoms with Crippen LogP contribution in [0.1, 0.15) is 0 Å². The molecule has 9 nitrogen and oxygen atoms in total. The lowest BCUT2D eigenvalue weighted by Crippen LogP contribution is -2.35. The average molecular weight is 388 g/mol. The fourth-order valence-corrected chi connectivity index (χ4v) is 2.72. The highest BCUT2D eigenvalue weighted by Gasteiger charge is 2.14. The van der Waals surface area contributed by atoms with Gasteiger partial charge >= 0.3 is 6.03 Å². The van der Waals surface area contributed by atoms with Crippen LogP contribution in [0.5, 0.6) is 5.75 Å². The summed E-state index contributed by atoms with van der Waals surface area (Å²) in [6, 6.07) is 10.9. The van der Waals surface area contributed by atoms with Crippen LogP contribution in [0.3, 0.4) is 0 Å². The van der Waals surface area contributed by atoms with Crippen LogP contribution in [0, 0.1) is 5.82 Å². The number of halogens is 1. The number of hydrogen-bond acceptors (Lipinski definition) is 7. The summed E-state index contributed by atoms with van der Waals surface area (Å²) in [4.78, 5) is 23.7. The Balaban J connectivity index is 1.55. The largest absolute Gasteiger partial charge is 0.508 e. The molecule has 0 bridgehead atoms. The first-order valence-electron chi connectivity index (χ1n) is 7.59. The molecule has 0 aliphatic carbocycles. The van der Waals surface area contributed by atoms with Crippen molar-refractivity contribution in [3.8, 4) is 11.4 Å². The van der Waals surface area contributed by atoms with E-state index in [0.717, 1.165) is 11.8 Å². The lowest BCUT2D eigenvalue weighted by molar-refractivity contribution is -0.117. The van der Waals surface area contributed by atoms with Crippen LogP contribution in [-0.2, 0) is 4.79 Å². The third kappa shape index (κ3) is 4.79. The molecule has 0 spiro atoms. The summed E-state index contributed by atoms with van der Waals surface area (Å²) < 4.78 is 14.9. The highest BCUT2D eigenvalue weighted by Crippen LogP contribution is 2.19. The number of nitrogens with zero attached hydrogens (tertiary/aromatic N) is 4. The predicted octanol–water partition coefficient (Wildman–Crippen LogP) is 1.95. The summed E-state index contributed by atoms with van der Waals surface area (Å²) in [6.07, 6.45) is 0. The molecular weight excluding hydrogens is 375 g/mol. The van der Waals surface area contributed by atoms with Crippen LogP contribution >= 0.6 is 11.8 Å². The minimum atomic E-state index is -0.844. The number of imide groups is 1. The highest BCUT2D eigenvalue weighted by atomic mass is 32.2. The van der Waals surface area contributed by atoms with Gasteiger partial charge in [0.05, 0.1) is 17.1 Å². The number of thioether (sulfide) groups is 1.